The molecule has 0 bridgehead atoms. The number of nitrogens with zero attached hydrogens (tertiary/aromatic N) is 4. The second kappa shape index (κ2) is 4.11. The van der Waals surface area contributed by atoms with E-state index in [-0.39, 0.29) is 5.82 Å². The number of carboxylic acids is 1. The molecule has 0 aliphatic carbocycles. The van der Waals surface area contributed by atoms with Gasteiger partial charge in [-0.3, -0.25) is 4.79 Å². The Morgan fingerprint density at radius 3 is 2.88 bits per heavy atom. The highest BCUT2D eigenvalue weighted by molar-refractivity contribution is 5.95. The molecular formula is C9H13N5O3. The number of carbonyl (C=O) groups excluding carboxylic acids is 1. The highest BCUT2D eigenvalue weighted by Crippen LogP contribution is 2.33. The lowest BCUT2D eigenvalue weighted by Crippen LogP contribution is -2.52. The van der Waals surface area contributed by atoms with Crippen molar-refractivity contribution in [2.45, 2.75) is 31.7 Å². The Morgan fingerprint density at radius 1 is 1.59 bits per heavy atom. The number of carboxylic acid groups (broad SMARTS) is 1. The molecule has 0 saturated carbocycles. The van der Waals surface area contributed by atoms with Crippen LogP contribution in [0.25, 0.3) is 0 Å². The Kier molecular flexibility index (Phi) is 2.78. The lowest BCUT2D eigenvalue weighted by atomic mass is 9.93. The summed E-state index contributed by atoms with van der Waals surface area (Å²) in [5.74, 6) is -1.55. The van der Waals surface area contributed by atoms with Crippen LogP contribution in [-0.4, -0.2) is 54.6 Å². The highest BCUT2D eigenvalue weighted by atomic mass is 16.4. The van der Waals surface area contributed by atoms with Crippen molar-refractivity contribution in [2.24, 2.45) is 0 Å². The Labute approximate surface area is 97.0 Å². The number of nitrogens with one attached hydrogen (secondary N) is 1. The van der Waals surface area contributed by atoms with Gasteiger partial charge in [-0.1, -0.05) is 6.92 Å². The number of aromatic nitrogens is 4. The second-order valence-electron chi connectivity index (χ2n) is 3.99. The maximum atomic E-state index is 12.1. The van der Waals surface area contributed by atoms with Crippen molar-refractivity contribution in [1.82, 2.24) is 25.5 Å². The molecule has 0 aromatic carbocycles. The third kappa shape index (κ3) is 1.65. The number of carbonyl (C=O) groups is 2. The van der Waals surface area contributed by atoms with Gasteiger partial charge in [-0.2, -0.15) is 5.21 Å². The van der Waals surface area contributed by atoms with E-state index in [0.29, 0.717) is 25.8 Å². The third-order valence-corrected chi connectivity index (χ3v) is 3.25. The van der Waals surface area contributed by atoms with Crippen LogP contribution in [-0.2, 0) is 4.79 Å². The third-order valence-electron chi connectivity index (χ3n) is 3.25. The van der Waals surface area contributed by atoms with Gasteiger partial charge in [0, 0.05) is 6.54 Å². The molecule has 8 heteroatoms. The van der Waals surface area contributed by atoms with Crippen LogP contribution in [0, 0.1) is 0 Å². The molecule has 2 N–H and O–H groups in total. The molecule has 0 radical (unpaired) electrons. The van der Waals surface area contributed by atoms with Gasteiger partial charge in [-0.15, -0.1) is 10.2 Å². The summed E-state index contributed by atoms with van der Waals surface area (Å²) in [5.41, 5.74) is -1.13. The first-order chi connectivity index (χ1) is 8.12. The zero-order valence-corrected chi connectivity index (χ0v) is 9.38. The minimum atomic E-state index is -1.13. The SMILES string of the molecule is CCC1(C(=O)O)CCCN1C(=O)c1nn[nH]n1. The number of hydrogen-bond acceptors (Lipinski definition) is 5. The summed E-state index contributed by atoms with van der Waals surface area (Å²) in [6.45, 7) is 2.17. The Morgan fingerprint density at radius 2 is 2.35 bits per heavy atom. The van der Waals surface area contributed by atoms with E-state index in [9.17, 15) is 14.7 Å². The van der Waals surface area contributed by atoms with Crippen molar-refractivity contribution in [3.63, 3.8) is 0 Å². The van der Waals surface area contributed by atoms with Crippen LogP contribution in [0.3, 0.4) is 0 Å². The van der Waals surface area contributed by atoms with Gasteiger partial charge in [0.15, 0.2) is 0 Å². The van der Waals surface area contributed by atoms with Crippen molar-refractivity contribution in [1.29, 1.82) is 0 Å². The van der Waals surface area contributed by atoms with Crippen LogP contribution < -0.4 is 0 Å². The largest absolute Gasteiger partial charge is 0.479 e. The highest BCUT2D eigenvalue weighted by Gasteiger charge is 2.49. The molecule has 17 heavy (non-hydrogen) atoms. The minimum absolute atomic E-state index is 0.0917. The molecule has 8 nitrogen and oxygen atoms in total. The molecular weight excluding hydrogens is 226 g/mol. The molecule has 92 valence electrons. The van der Waals surface area contributed by atoms with Gasteiger partial charge in [0.2, 0.25) is 0 Å². The van der Waals surface area contributed by atoms with Crippen LogP contribution >= 0.6 is 0 Å². The summed E-state index contributed by atoms with van der Waals surface area (Å²) in [4.78, 5) is 24.8. The number of hydrogen-bond donors (Lipinski definition) is 2. The van der Waals surface area contributed by atoms with Gasteiger partial charge in [0.25, 0.3) is 11.7 Å². The monoisotopic (exact) mass is 239 g/mol. The summed E-state index contributed by atoms with van der Waals surface area (Å²) in [5, 5.41) is 22.0. The fourth-order valence-corrected chi connectivity index (χ4v) is 2.29. The average Bonchev–Trinajstić information content (AvgIpc) is 2.97. The minimum Gasteiger partial charge on any atom is -0.479 e. The number of H-pyrrole nitrogens is 1. The fraction of sp³-hybridized carbons (Fsp3) is 0.667. The van der Waals surface area contributed by atoms with Crippen LogP contribution in [0.5, 0.6) is 0 Å². The zero-order chi connectivity index (χ0) is 12.5. The van der Waals surface area contributed by atoms with E-state index < -0.39 is 17.4 Å². The van der Waals surface area contributed by atoms with Crippen LogP contribution in [0.1, 0.15) is 36.8 Å². The lowest BCUT2D eigenvalue weighted by molar-refractivity contribution is -0.148. The molecule has 0 spiro atoms. The normalized spacial score (nSPS) is 23.9. The Hall–Kier alpha value is -1.99. The quantitative estimate of drug-likeness (QED) is 0.746. The second-order valence-corrected chi connectivity index (χ2v) is 3.99. The fourth-order valence-electron chi connectivity index (χ4n) is 2.29. The molecule has 2 rings (SSSR count). The van der Waals surface area contributed by atoms with Gasteiger partial charge < -0.3 is 10.0 Å². The summed E-state index contributed by atoms with van der Waals surface area (Å²) in [7, 11) is 0. The topological polar surface area (TPSA) is 112 Å². The number of tetrazole rings is 1. The Bertz CT molecular complexity index is 432. The van der Waals surface area contributed by atoms with E-state index in [4.69, 9.17) is 0 Å². The van der Waals surface area contributed by atoms with Gasteiger partial charge in [-0.05, 0) is 24.5 Å². The maximum Gasteiger partial charge on any atom is 0.329 e. The summed E-state index contributed by atoms with van der Waals surface area (Å²) < 4.78 is 0. The van der Waals surface area contributed by atoms with Crippen LogP contribution in [0.15, 0.2) is 0 Å². The summed E-state index contributed by atoms with van der Waals surface area (Å²) in [6, 6.07) is 0. The first-order valence-corrected chi connectivity index (χ1v) is 5.40. The van der Waals surface area contributed by atoms with Gasteiger partial charge in [0.05, 0.1) is 0 Å². The molecule has 1 aromatic heterocycles. The number of amides is 1. The van der Waals surface area contributed by atoms with Gasteiger partial charge >= 0.3 is 5.97 Å². The molecule has 1 unspecified atom stereocenters. The van der Waals surface area contributed by atoms with Crippen LogP contribution in [0.2, 0.25) is 0 Å². The summed E-state index contributed by atoms with van der Waals surface area (Å²) >= 11 is 0. The number of rotatable bonds is 3. The van der Waals surface area contributed by atoms with E-state index in [0.717, 1.165) is 0 Å². The molecule has 1 aliphatic rings. The van der Waals surface area contributed by atoms with Crippen molar-refractivity contribution in [3.8, 4) is 0 Å². The predicted octanol–water partition coefficient (Wildman–Crippen LogP) is -0.331. The van der Waals surface area contributed by atoms with Crippen molar-refractivity contribution >= 4 is 11.9 Å². The van der Waals surface area contributed by atoms with E-state index in [1.54, 1.807) is 6.92 Å². The van der Waals surface area contributed by atoms with E-state index in [2.05, 4.69) is 20.6 Å². The molecule has 2 heterocycles. The van der Waals surface area contributed by atoms with E-state index in [1.807, 2.05) is 0 Å². The van der Waals surface area contributed by atoms with Gasteiger partial charge in [-0.25, -0.2) is 4.79 Å². The number of aliphatic carboxylic acids is 1. The number of likely N-dealkylation sites (tertiary alicyclic amines) is 1. The molecule has 1 amide bonds. The predicted molar refractivity (Wildman–Crippen MR) is 55.1 cm³/mol. The van der Waals surface area contributed by atoms with E-state index >= 15 is 0 Å². The first kappa shape index (κ1) is 11.5. The average molecular weight is 239 g/mol. The van der Waals surface area contributed by atoms with E-state index in [1.165, 1.54) is 4.90 Å². The Balaban J connectivity index is 2.31. The molecule has 1 atom stereocenters. The molecule has 1 fully saturated rings. The van der Waals surface area contributed by atoms with Crippen molar-refractivity contribution < 1.29 is 14.7 Å². The standard InChI is InChI=1S/C9H13N5O3/c1-2-9(8(16)17)4-3-5-14(9)7(15)6-10-12-13-11-6/h2-5H2,1H3,(H,16,17)(H,10,11,12,13). The molecule has 1 aromatic rings. The number of aromatic amines is 1. The molecule has 1 aliphatic heterocycles. The van der Waals surface area contributed by atoms with Gasteiger partial charge in [0.1, 0.15) is 5.54 Å². The molecule has 1 saturated heterocycles. The lowest BCUT2D eigenvalue weighted by Gasteiger charge is -2.32. The first-order valence-electron chi connectivity index (χ1n) is 5.40. The van der Waals surface area contributed by atoms with Crippen molar-refractivity contribution in [2.75, 3.05) is 6.54 Å². The van der Waals surface area contributed by atoms with Crippen LogP contribution in [0.4, 0.5) is 0 Å². The smallest absolute Gasteiger partial charge is 0.329 e. The maximum absolute atomic E-state index is 12.1. The van der Waals surface area contributed by atoms with Crippen molar-refractivity contribution in [3.05, 3.63) is 5.82 Å². The summed E-state index contributed by atoms with van der Waals surface area (Å²) in [6.07, 6.45) is 1.50. The zero-order valence-electron chi connectivity index (χ0n) is 9.38.